The normalized spacial score (nSPS) is 11.8. The molecule has 0 aliphatic carbocycles. The lowest BCUT2D eigenvalue weighted by Crippen LogP contribution is -2.21. The molecule has 1 nitrogen and oxygen atoms in total. The fourth-order valence-electron chi connectivity index (χ4n) is 3.31. The van der Waals surface area contributed by atoms with Gasteiger partial charge in [0.1, 0.15) is 5.75 Å². The molecule has 0 spiro atoms. The highest BCUT2D eigenvalue weighted by Gasteiger charge is 2.34. The zero-order chi connectivity index (χ0) is 20.9. The standard InChI is InChI=1S/C24H24F4O/c1-2-3-4-5-6-7-17-8-11-19(12-9-17)24(27,28)29-20-13-14-21-18(16-20)10-15-22(25)23(21)26/h8-16H,2-7H2,1H3. The lowest BCUT2D eigenvalue weighted by atomic mass is 10.0. The van der Waals surface area contributed by atoms with Gasteiger partial charge in [0.2, 0.25) is 0 Å². The summed E-state index contributed by atoms with van der Waals surface area (Å²) in [5, 5.41) is 0.305. The summed E-state index contributed by atoms with van der Waals surface area (Å²) in [5.41, 5.74) is 0.766. The predicted molar refractivity (Wildman–Crippen MR) is 107 cm³/mol. The van der Waals surface area contributed by atoms with Crippen molar-refractivity contribution in [3.8, 4) is 5.75 Å². The number of ether oxygens (including phenoxy) is 1. The van der Waals surface area contributed by atoms with Gasteiger partial charge in [0, 0.05) is 5.39 Å². The molecule has 3 rings (SSSR count). The number of rotatable bonds is 9. The maximum atomic E-state index is 14.6. The van der Waals surface area contributed by atoms with Gasteiger partial charge in [0.05, 0.1) is 5.56 Å². The third-order valence-electron chi connectivity index (χ3n) is 4.98. The second kappa shape index (κ2) is 9.29. The summed E-state index contributed by atoms with van der Waals surface area (Å²) in [6.07, 6.45) is 3.12. The van der Waals surface area contributed by atoms with Crippen LogP contribution >= 0.6 is 0 Å². The number of benzene rings is 3. The smallest absolute Gasteiger partial charge is 0.426 e. The van der Waals surface area contributed by atoms with Crippen LogP contribution in [0.3, 0.4) is 0 Å². The Hall–Kier alpha value is -2.56. The van der Waals surface area contributed by atoms with Crippen LogP contribution in [0, 0.1) is 11.6 Å². The van der Waals surface area contributed by atoms with Gasteiger partial charge in [-0.15, -0.1) is 0 Å². The Bertz CT molecular complexity index is 951. The van der Waals surface area contributed by atoms with Crippen molar-refractivity contribution >= 4 is 10.8 Å². The molecule has 0 aliphatic heterocycles. The minimum absolute atomic E-state index is 0.0176. The molecule has 0 unspecified atom stereocenters. The maximum Gasteiger partial charge on any atom is 0.426 e. The Labute approximate surface area is 168 Å². The Morgan fingerprint density at radius 3 is 2.28 bits per heavy atom. The number of hydrogen-bond acceptors (Lipinski definition) is 1. The Balaban J connectivity index is 1.67. The van der Waals surface area contributed by atoms with Gasteiger partial charge in [-0.3, -0.25) is 0 Å². The lowest BCUT2D eigenvalue weighted by molar-refractivity contribution is -0.185. The van der Waals surface area contributed by atoms with Gasteiger partial charge < -0.3 is 4.74 Å². The quantitative estimate of drug-likeness (QED) is 0.262. The SMILES string of the molecule is CCCCCCCc1ccc(C(F)(F)Oc2ccc3c(F)c(F)ccc3c2)cc1. The molecule has 154 valence electrons. The minimum Gasteiger partial charge on any atom is -0.429 e. The van der Waals surface area contributed by atoms with E-state index in [2.05, 4.69) is 6.92 Å². The number of aryl methyl sites for hydroxylation is 1. The molecule has 0 aromatic heterocycles. The molecular weight excluding hydrogens is 380 g/mol. The Kier molecular flexibility index (Phi) is 6.78. The third-order valence-corrected chi connectivity index (χ3v) is 4.98. The largest absolute Gasteiger partial charge is 0.429 e. The van der Waals surface area contributed by atoms with Gasteiger partial charge in [-0.1, -0.05) is 50.8 Å². The highest BCUT2D eigenvalue weighted by atomic mass is 19.3. The van der Waals surface area contributed by atoms with Crippen molar-refractivity contribution in [2.45, 2.75) is 51.6 Å². The summed E-state index contributed by atoms with van der Waals surface area (Å²) in [7, 11) is 0. The van der Waals surface area contributed by atoms with Crippen LogP contribution in [0.4, 0.5) is 17.6 Å². The van der Waals surface area contributed by atoms with Crippen molar-refractivity contribution in [2.75, 3.05) is 0 Å². The summed E-state index contributed by atoms with van der Waals surface area (Å²) in [4.78, 5) is 0. The van der Waals surface area contributed by atoms with Crippen LogP contribution in [0.5, 0.6) is 5.75 Å². The van der Waals surface area contributed by atoms with Crippen LogP contribution in [0.15, 0.2) is 54.6 Å². The van der Waals surface area contributed by atoms with Crippen LogP contribution in [0.1, 0.15) is 50.2 Å². The molecule has 0 radical (unpaired) electrons. The van der Waals surface area contributed by atoms with Crippen molar-refractivity contribution in [1.29, 1.82) is 0 Å². The minimum atomic E-state index is -3.54. The zero-order valence-electron chi connectivity index (χ0n) is 16.4. The lowest BCUT2D eigenvalue weighted by Gasteiger charge is -2.19. The van der Waals surface area contributed by atoms with E-state index in [-0.39, 0.29) is 22.1 Å². The van der Waals surface area contributed by atoms with Gasteiger partial charge in [0.25, 0.3) is 0 Å². The molecule has 5 heteroatoms. The van der Waals surface area contributed by atoms with Crippen molar-refractivity contribution in [2.24, 2.45) is 0 Å². The van der Waals surface area contributed by atoms with Crippen LogP contribution in [0.2, 0.25) is 0 Å². The van der Waals surface area contributed by atoms with Crippen LogP contribution in [-0.2, 0) is 12.5 Å². The molecule has 0 saturated heterocycles. The second-order valence-corrected chi connectivity index (χ2v) is 7.22. The third kappa shape index (κ3) is 5.28. The van der Waals surface area contributed by atoms with Crippen molar-refractivity contribution in [3.63, 3.8) is 0 Å². The first-order valence-corrected chi connectivity index (χ1v) is 9.94. The van der Waals surface area contributed by atoms with Crippen molar-refractivity contribution in [1.82, 2.24) is 0 Å². The number of alkyl halides is 2. The van der Waals surface area contributed by atoms with E-state index in [0.717, 1.165) is 30.9 Å². The number of unbranched alkanes of at least 4 members (excludes halogenated alkanes) is 4. The summed E-state index contributed by atoms with van der Waals surface area (Å²) in [6.45, 7) is 2.16. The monoisotopic (exact) mass is 404 g/mol. The molecule has 0 bridgehead atoms. The van der Waals surface area contributed by atoms with Gasteiger partial charge in [-0.05, 0) is 60.2 Å². The first-order valence-electron chi connectivity index (χ1n) is 9.94. The van der Waals surface area contributed by atoms with E-state index in [9.17, 15) is 17.6 Å². The summed E-state index contributed by atoms with van der Waals surface area (Å²) >= 11 is 0. The van der Waals surface area contributed by atoms with Gasteiger partial charge in [-0.2, -0.15) is 8.78 Å². The van der Waals surface area contributed by atoms with Crippen LogP contribution in [0.25, 0.3) is 10.8 Å². The highest BCUT2D eigenvalue weighted by Crippen LogP contribution is 2.33. The van der Waals surface area contributed by atoms with Crippen LogP contribution in [-0.4, -0.2) is 0 Å². The zero-order valence-corrected chi connectivity index (χ0v) is 16.4. The Morgan fingerprint density at radius 2 is 1.55 bits per heavy atom. The van der Waals surface area contributed by atoms with Gasteiger partial charge in [-0.25, -0.2) is 8.78 Å². The predicted octanol–water partition coefficient (Wildman–Crippen LogP) is 7.76. The highest BCUT2D eigenvalue weighted by molar-refractivity contribution is 5.84. The van der Waals surface area contributed by atoms with E-state index in [1.165, 1.54) is 55.7 Å². The molecule has 0 heterocycles. The average molecular weight is 404 g/mol. The fourth-order valence-corrected chi connectivity index (χ4v) is 3.31. The van der Waals surface area contributed by atoms with E-state index >= 15 is 0 Å². The second-order valence-electron chi connectivity index (χ2n) is 7.22. The topological polar surface area (TPSA) is 9.23 Å². The number of hydrogen-bond donors (Lipinski definition) is 0. The average Bonchev–Trinajstić information content (AvgIpc) is 2.71. The Morgan fingerprint density at radius 1 is 0.828 bits per heavy atom. The summed E-state index contributed by atoms with van der Waals surface area (Å²) in [5.74, 6) is -2.11. The summed E-state index contributed by atoms with van der Waals surface area (Å²) in [6, 6.07) is 12.2. The van der Waals surface area contributed by atoms with E-state index in [1.54, 1.807) is 12.1 Å². The van der Waals surface area contributed by atoms with Crippen molar-refractivity contribution < 1.29 is 22.3 Å². The van der Waals surface area contributed by atoms with E-state index < -0.39 is 17.7 Å². The van der Waals surface area contributed by atoms with E-state index in [4.69, 9.17) is 4.74 Å². The molecule has 0 atom stereocenters. The molecular formula is C24H24F4O. The first kappa shape index (κ1) is 21.2. The molecule has 0 saturated carbocycles. The van der Waals surface area contributed by atoms with E-state index in [1.807, 2.05) is 0 Å². The summed E-state index contributed by atoms with van der Waals surface area (Å²) < 4.78 is 61.0. The maximum absolute atomic E-state index is 14.6. The molecule has 0 aliphatic rings. The molecule has 29 heavy (non-hydrogen) atoms. The first-order chi connectivity index (χ1) is 13.9. The molecule has 3 aromatic carbocycles. The molecule has 0 N–H and O–H groups in total. The molecule has 0 fully saturated rings. The fraction of sp³-hybridized carbons (Fsp3) is 0.333. The number of fused-ring (bicyclic) bond motifs is 1. The van der Waals surface area contributed by atoms with Crippen LogP contribution < -0.4 is 4.74 Å². The van der Waals surface area contributed by atoms with E-state index in [0.29, 0.717) is 0 Å². The van der Waals surface area contributed by atoms with Crippen molar-refractivity contribution in [3.05, 3.63) is 77.4 Å². The molecule has 0 amide bonds. The van der Waals surface area contributed by atoms with Gasteiger partial charge >= 0.3 is 6.11 Å². The number of halogens is 4. The molecule has 3 aromatic rings. The van der Waals surface area contributed by atoms with Gasteiger partial charge in [0.15, 0.2) is 11.6 Å².